The number of aromatic nitrogens is 2. The van der Waals surface area contributed by atoms with Gasteiger partial charge in [0, 0.05) is 23.8 Å². The first-order chi connectivity index (χ1) is 11.0. The summed E-state index contributed by atoms with van der Waals surface area (Å²) in [6.07, 6.45) is 2.37. The van der Waals surface area contributed by atoms with E-state index in [2.05, 4.69) is 10.4 Å². The van der Waals surface area contributed by atoms with E-state index in [0.29, 0.717) is 16.3 Å². The van der Waals surface area contributed by atoms with Crippen LogP contribution in [0, 0.1) is 0 Å². The van der Waals surface area contributed by atoms with Crippen LogP contribution in [0.5, 0.6) is 5.75 Å². The Morgan fingerprint density at radius 3 is 2.70 bits per heavy atom. The summed E-state index contributed by atoms with van der Waals surface area (Å²) >= 11 is 5.78. The summed E-state index contributed by atoms with van der Waals surface area (Å²) in [5.74, 6) is 0.334. The molecule has 1 atom stereocenters. The Labute approximate surface area is 140 Å². The number of carbonyl (C=O) groups is 1. The van der Waals surface area contributed by atoms with Gasteiger partial charge in [-0.25, -0.2) is 0 Å². The van der Waals surface area contributed by atoms with E-state index < -0.39 is 6.10 Å². The normalized spacial score (nSPS) is 12.2. The molecule has 0 bridgehead atoms. The molecular weight excluding hydrogens is 318 g/mol. The lowest BCUT2D eigenvalue weighted by Crippen LogP contribution is -2.35. The molecule has 0 saturated heterocycles. The molecule has 2 N–H and O–H groups in total. The van der Waals surface area contributed by atoms with E-state index in [1.54, 1.807) is 35.1 Å². The maximum absolute atomic E-state index is 12.0. The molecule has 0 unspecified atom stereocenters. The van der Waals surface area contributed by atoms with Crippen LogP contribution in [0.25, 0.3) is 0 Å². The van der Waals surface area contributed by atoms with E-state index in [9.17, 15) is 9.90 Å². The molecule has 23 heavy (non-hydrogen) atoms. The van der Waals surface area contributed by atoms with Crippen LogP contribution in [-0.2, 0) is 0 Å². The van der Waals surface area contributed by atoms with Crippen molar-refractivity contribution in [2.24, 2.45) is 0 Å². The minimum Gasteiger partial charge on any atom is -0.491 e. The highest BCUT2D eigenvalue weighted by atomic mass is 35.5. The quantitative estimate of drug-likeness (QED) is 0.812. The molecule has 1 amide bonds. The Bertz CT molecular complexity index is 640. The molecule has 0 aliphatic heterocycles. The predicted octanol–water partition coefficient (Wildman–Crippen LogP) is 2.29. The zero-order valence-electron chi connectivity index (χ0n) is 13.1. The van der Waals surface area contributed by atoms with Crippen LogP contribution in [0.3, 0.4) is 0 Å². The Morgan fingerprint density at radius 1 is 1.39 bits per heavy atom. The van der Waals surface area contributed by atoms with Crippen molar-refractivity contribution in [3.8, 4) is 5.75 Å². The molecule has 0 radical (unpaired) electrons. The summed E-state index contributed by atoms with van der Waals surface area (Å²) in [7, 11) is 0. The number of hydrogen-bond donors (Lipinski definition) is 2. The van der Waals surface area contributed by atoms with Gasteiger partial charge in [0.05, 0.1) is 11.8 Å². The summed E-state index contributed by atoms with van der Waals surface area (Å²) in [6.45, 7) is 4.13. The lowest BCUT2D eigenvalue weighted by molar-refractivity contribution is 0.0843. The van der Waals surface area contributed by atoms with E-state index in [4.69, 9.17) is 16.3 Å². The highest BCUT2D eigenvalue weighted by Crippen LogP contribution is 2.15. The number of halogens is 1. The van der Waals surface area contributed by atoms with Crippen LogP contribution < -0.4 is 10.1 Å². The van der Waals surface area contributed by atoms with E-state index in [1.807, 2.05) is 13.8 Å². The van der Waals surface area contributed by atoms with Crippen molar-refractivity contribution >= 4 is 17.5 Å². The summed E-state index contributed by atoms with van der Waals surface area (Å²) in [5, 5.41) is 17.2. The van der Waals surface area contributed by atoms with Gasteiger partial charge in [0.2, 0.25) is 0 Å². The molecule has 6 nitrogen and oxygen atoms in total. The topological polar surface area (TPSA) is 76.4 Å². The van der Waals surface area contributed by atoms with Gasteiger partial charge >= 0.3 is 0 Å². The molecule has 1 heterocycles. The van der Waals surface area contributed by atoms with Crippen molar-refractivity contribution in [1.29, 1.82) is 0 Å². The molecule has 0 fully saturated rings. The molecule has 2 aromatic rings. The van der Waals surface area contributed by atoms with Gasteiger partial charge in [-0.3, -0.25) is 9.48 Å². The van der Waals surface area contributed by atoms with Gasteiger partial charge in [0.15, 0.2) is 0 Å². The number of carbonyl (C=O) groups excluding carboxylic acids is 1. The second kappa shape index (κ2) is 7.99. The molecule has 2 rings (SSSR count). The van der Waals surface area contributed by atoms with Crippen molar-refractivity contribution < 1.29 is 14.6 Å². The van der Waals surface area contributed by atoms with E-state index in [-0.39, 0.29) is 25.1 Å². The van der Waals surface area contributed by atoms with Crippen molar-refractivity contribution in [3.63, 3.8) is 0 Å². The zero-order valence-corrected chi connectivity index (χ0v) is 13.8. The molecule has 0 aliphatic rings. The summed E-state index contributed by atoms with van der Waals surface area (Å²) in [4.78, 5) is 12.0. The largest absolute Gasteiger partial charge is 0.491 e. The highest BCUT2D eigenvalue weighted by Gasteiger charge is 2.12. The third-order valence-corrected chi connectivity index (χ3v) is 3.40. The van der Waals surface area contributed by atoms with Gasteiger partial charge in [-0.1, -0.05) is 11.6 Å². The number of ether oxygens (including phenoxy) is 1. The number of nitrogens with zero attached hydrogens (tertiary/aromatic N) is 2. The van der Waals surface area contributed by atoms with Crippen LogP contribution in [0.1, 0.15) is 30.2 Å². The molecule has 1 aromatic carbocycles. The summed E-state index contributed by atoms with van der Waals surface area (Å²) in [5.41, 5.74) is 0.463. The fourth-order valence-electron chi connectivity index (χ4n) is 1.83. The predicted molar refractivity (Wildman–Crippen MR) is 87.9 cm³/mol. The van der Waals surface area contributed by atoms with E-state index >= 15 is 0 Å². The average molecular weight is 338 g/mol. The second-order valence-corrected chi connectivity index (χ2v) is 5.87. The van der Waals surface area contributed by atoms with Crippen LogP contribution in [0.15, 0.2) is 36.7 Å². The molecule has 1 aromatic heterocycles. The molecule has 124 valence electrons. The molecule has 0 spiro atoms. The Balaban J connectivity index is 1.75. The van der Waals surface area contributed by atoms with Gasteiger partial charge in [-0.2, -0.15) is 5.10 Å². The van der Waals surface area contributed by atoms with Gasteiger partial charge in [0.1, 0.15) is 18.5 Å². The van der Waals surface area contributed by atoms with E-state index in [0.717, 1.165) is 0 Å². The SMILES string of the molecule is CC(C)n1cc(C(=O)NC[C@H](O)COc2ccc(Cl)cc2)cn1. The third-order valence-electron chi connectivity index (χ3n) is 3.15. The Kier molecular flexibility index (Phi) is 6.01. The first kappa shape index (κ1) is 17.3. The molecular formula is C16H20ClN3O3. The molecule has 0 aliphatic carbocycles. The van der Waals surface area contributed by atoms with Crippen molar-refractivity contribution in [2.45, 2.75) is 26.0 Å². The Morgan fingerprint density at radius 2 is 2.09 bits per heavy atom. The third kappa shape index (κ3) is 5.26. The van der Waals surface area contributed by atoms with Crippen LogP contribution >= 0.6 is 11.6 Å². The van der Waals surface area contributed by atoms with Crippen molar-refractivity contribution in [3.05, 3.63) is 47.2 Å². The fourth-order valence-corrected chi connectivity index (χ4v) is 1.96. The fraction of sp³-hybridized carbons (Fsp3) is 0.375. The number of rotatable bonds is 7. The number of aliphatic hydroxyl groups is 1. The minimum atomic E-state index is -0.810. The monoisotopic (exact) mass is 337 g/mol. The molecule has 7 heteroatoms. The lowest BCUT2D eigenvalue weighted by Gasteiger charge is -2.13. The van der Waals surface area contributed by atoms with Crippen LogP contribution in [-0.4, -0.2) is 40.0 Å². The maximum atomic E-state index is 12.0. The van der Waals surface area contributed by atoms with Gasteiger partial charge in [0.25, 0.3) is 5.91 Å². The number of hydrogen-bond acceptors (Lipinski definition) is 4. The van der Waals surface area contributed by atoms with Gasteiger partial charge in [-0.05, 0) is 38.1 Å². The second-order valence-electron chi connectivity index (χ2n) is 5.43. The van der Waals surface area contributed by atoms with Gasteiger partial charge in [-0.15, -0.1) is 0 Å². The van der Waals surface area contributed by atoms with Crippen molar-refractivity contribution in [1.82, 2.24) is 15.1 Å². The van der Waals surface area contributed by atoms with Gasteiger partial charge < -0.3 is 15.2 Å². The van der Waals surface area contributed by atoms with Crippen LogP contribution in [0.4, 0.5) is 0 Å². The first-order valence-electron chi connectivity index (χ1n) is 7.34. The number of aliphatic hydroxyl groups excluding tert-OH is 1. The minimum absolute atomic E-state index is 0.0766. The lowest BCUT2D eigenvalue weighted by atomic mass is 10.3. The highest BCUT2D eigenvalue weighted by molar-refractivity contribution is 6.30. The van der Waals surface area contributed by atoms with E-state index in [1.165, 1.54) is 6.20 Å². The zero-order chi connectivity index (χ0) is 16.8. The summed E-state index contributed by atoms with van der Waals surface area (Å²) < 4.78 is 7.12. The number of nitrogens with one attached hydrogen (secondary N) is 1. The number of benzene rings is 1. The Hall–Kier alpha value is -2.05. The first-order valence-corrected chi connectivity index (χ1v) is 7.72. The number of amides is 1. The van der Waals surface area contributed by atoms with Crippen molar-refractivity contribution in [2.75, 3.05) is 13.2 Å². The van der Waals surface area contributed by atoms with Crippen LogP contribution in [0.2, 0.25) is 5.02 Å². The standard InChI is InChI=1S/C16H20ClN3O3/c1-11(2)20-9-12(7-19-20)16(22)18-8-14(21)10-23-15-5-3-13(17)4-6-15/h3-7,9,11,14,21H,8,10H2,1-2H3,(H,18,22)/t14-/m0/s1. The average Bonchev–Trinajstić information content (AvgIpc) is 3.02. The maximum Gasteiger partial charge on any atom is 0.254 e. The molecule has 0 saturated carbocycles. The smallest absolute Gasteiger partial charge is 0.254 e. The summed E-state index contributed by atoms with van der Waals surface area (Å²) in [6, 6.07) is 7.03.